The highest BCUT2D eigenvalue weighted by Crippen LogP contribution is 2.33. The fourth-order valence-corrected chi connectivity index (χ4v) is 2.61. The molecular formula is C15H21N3O3. The molecule has 6 nitrogen and oxygen atoms in total. The van der Waals surface area contributed by atoms with Gasteiger partial charge in [-0.1, -0.05) is 12.1 Å². The standard InChI is InChI=1S/C15H21N3O3/c1-21-12-5-2-4-11(8-12)13-6-3-7-18(13)15(20)10-17-14(19)9-16/h2,4-5,8,13H,3,6-7,9-10,16H2,1H3,(H,17,19). The summed E-state index contributed by atoms with van der Waals surface area (Å²) in [6.07, 6.45) is 1.88. The highest BCUT2D eigenvalue weighted by Gasteiger charge is 2.29. The van der Waals surface area contributed by atoms with Crippen LogP contribution in [0.25, 0.3) is 0 Å². The molecule has 1 heterocycles. The molecule has 114 valence electrons. The Kier molecular flexibility index (Phi) is 5.16. The van der Waals surface area contributed by atoms with Gasteiger partial charge in [-0.05, 0) is 30.5 Å². The molecule has 1 saturated heterocycles. The summed E-state index contributed by atoms with van der Waals surface area (Å²) < 4.78 is 5.23. The monoisotopic (exact) mass is 291 g/mol. The second-order valence-corrected chi connectivity index (χ2v) is 5.00. The van der Waals surface area contributed by atoms with E-state index in [2.05, 4.69) is 5.32 Å². The van der Waals surface area contributed by atoms with Gasteiger partial charge in [0.1, 0.15) is 5.75 Å². The van der Waals surface area contributed by atoms with Crippen molar-refractivity contribution in [3.05, 3.63) is 29.8 Å². The predicted molar refractivity (Wildman–Crippen MR) is 78.7 cm³/mol. The van der Waals surface area contributed by atoms with Gasteiger partial charge in [-0.3, -0.25) is 9.59 Å². The molecule has 1 aromatic carbocycles. The van der Waals surface area contributed by atoms with Crippen LogP contribution in [0.2, 0.25) is 0 Å². The number of amides is 2. The van der Waals surface area contributed by atoms with Crippen molar-refractivity contribution in [3.63, 3.8) is 0 Å². The van der Waals surface area contributed by atoms with Crippen LogP contribution >= 0.6 is 0 Å². The molecule has 1 atom stereocenters. The van der Waals surface area contributed by atoms with Crippen LogP contribution in [0.15, 0.2) is 24.3 Å². The van der Waals surface area contributed by atoms with Crippen molar-refractivity contribution >= 4 is 11.8 Å². The van der Waals surface area contributed by atoms with Gasteiger partial charge >= 0.3 is 0 Å². The van der Waals surface area contributed by atoms with Crippen molar-refractivity contribution < 1.29 is 14.3 Å². The number of carbonyl (C=O) groups excluding carboxylic acids is 2. The molecular weight excluding hydrogens is 270 g/mol. The van der Waals surface area contributed by atoms with E-state index in [9.17, 15) is 9.59 Å². The SMILES string of the molecule is COc1cccc(C2CCCN2C(=O)CNC(=O)CN)c1. The molecule has 3 N–H and O–H groups in total. The van der Waals surface area contributed by atoms with E-state index in [1.807, 2.05) is 29.2 Å². The van der Waals surface area contributed by atoms with E-state index in [0.717, 1.165) is 24.2 Å². The average molecular weight is 291 g/mol. The molecule has 1 aromatic rings. The topological polar surface area (TPSA) is 84.7 Å². The Morgan fingerprint density at radius 2 is 2.29 bits per heavy atom. The molecule has 1 aliphatic rings. The fourth-order valence-electron chi connectivity index (χ4n) is 2.61. The van der Waals surface area contributed by atoms with Crippen LogP contribution in [0.4, 0.5) is 0 Å². The minimum absolute atomic E-state index is 0.00347. The molecule has 0 aliphatic carbocycles. The number of methoxy groups -OCH3 is 1. The first-order chi connectivity index (χ1) is 10.2. The molecule has 0 bridgehead atoms. The van der Waals surface area contributed by atoms with Crippen LogP contribution in [0.5, 0.6) is 5.75 Å². The van der Waals surface area contributed by atoms with Crippen molar-refractivity contribution in [2.75, 3.05) is 26.7 Å². The number of rotatable bonds is 5. The minimum atomic E-state index is -0.319. The molecule has 0 spiro atoms. The van der Waals surface area contributed by atoms with Gasteiger partial charge in [0.2, 0.25) is 11.8 Å². The minimum Gasteiger partial charge on any atom is -0.497 e. The zero-order valence-electron chi connectivity index (χ0n) is 12.2. The van der Waals surface area contributed by atoms with Crippen LogP contribution < -0.4 is 15.8 Å². The summed E-state index contributed by atoms with van der Waals surface area (Å²) in [7, 11) is 1.62. The van der Waals surface area contributed by atoms with Crippen LogP contribution in [0, 0.1) is 0 Å². The molecule has 2 amide bonds. The van der Waals surface area contributed by atoms with Crippen LogP contribution in [0.3, 0.4) is 0 Å². The highest BCUT2D eigenvalue weighted by molar-refractivity contribution is 5.85. The van der Waals surface area contributed by atoms with Crippen LogP contribution in [-0.4, -0.2) is 43.5 Å². The third-order valence-corrected chi connectivity index (χ3v) is 3.67. The predicted octanol–water partition coefficient (Wildman–Crippen LogP) is 0.434. The largest absolute Gasteiger partial charge is 0.497 e. The molecule has 0 aromatic heterocycles. The summed E-state index contributed by atoms with van der Waals surface area (Å²) >= 11 is 0. The van der Waals surface area contributed by atoms with E-state index in [1.54, 1.807) is 7.11 Å². The van der Waals surface area contributed by atoms with Crippen molar-refractivity contribution in [1.29, 1.82) is 0 Å². The third-order valence-electron chi connectivity index (χ3n) is 3.67. The maximum atomic E-state index is 12.2. The lowest BCUT2D eigenvalue weighted by atomic mass is 10.0. The number of ether oxygens (including phenoxy) is 1. The first-order valence-electron chi connectivity index (χ1n) is 7.06. The number of nitrogens with one attached hydrogen (secondary N) is 1. The number of hydrogen-bond acceptors (Lipinski definition) is 4. The van der Waals surface area contributed by atoms with Crippen molar-refractivity contribution in [3.8, 4) is 5.75 Å². The zero-order chi connectivity index (χ0) is 15.2. The van der Waals surface area contributed by atoms with Crippen molar-refractivity contribution in [1.82, 2.24) is 10.2 Å². The highest BCUT2D eigenvalue weighted by atomic mass is 16.5. The summed E-state index contributed by atoms with van der Waals surface area (Å²) in [5.41, 5.74) is 6.27. The number of carbonyl (C=O) groups is 2. The van der Waals surface area contributed by atoms with Gasteiger partial charge in [0.25, 0.3) is 0 Å². The van der Waals surface area contributed by atoms with Gasteiger partial charge in [-0.2, -0.15) is 0 Å². The van der Waals surface area contributed by atoms with E-state index in [1.165, 1.54) is 0 Å². The second-order valence-electron chi connectivity index (χ2n) is 5.00. The smallest absolute Gasteiger partial charge is 0.242 e. The van der Waals surface area contributed by atoms with Gasteiger partial charge in [0, 0.05) is 6.54 Å². The molecule has 6 heteroatoms. The van der Waals surface area contributed by atoms with Crippen LogP contribution in [-0.2, 0) is 9.59 Å². The third kappa shape index (κ3) is 3.72. The molecule has 0 radical (unpaired) electrons. The number of benzene rings is 1. The van der Waals surface area contributed by atoms with E-state index >= 15 is 0 Å². The average Bonchev–Trinajstić information content (AvgIpc) is 3.01. The number of hydrogen-bond donors (Lipinski definition) is 2. The Labute approximate surface area is 124 Å². The van der Waals surface area contributed by atoms with Gasteiger partial charge in [-0.25, -0.2) is 0 Å². The summed E-state index contributed by atoms with van der Waals surface area (Å²) in [4.78, 5) is 25.2. The number of nitrogens with zero attached hydrogens (tertiary/aromatic N) is 1. The van der Waals surface area contributed by atoms with E-state index in [4.69, 9.17) is 10.5 Å². The van der Waals surface area contributed by atoms with Crippen molar-refractivity contribution in [2.24, 2.45) is 5.73 Å². The molecule has 1 fully saturated rings. The fraction of sp³-hybridized carbons (Fsp3) is 0.467. The lowest BCUT2D eigenvalue weighted by Crippen LogP contribution is -2.41. The summed E-state index contributed by atoms with van der Waals surface area (Å²) in [5, 5.41) is 2.52. The summed E-state index contributed by atoms with van der Waals surface area (Å²) in [6, 6.07) is 7.80. The maximum absolute atomic E-state index is 12.2. The van der Waals surface area contributed by atoms with E-state index < -0.39 is 0 Å². The van der Waals surface area contributed by atoms with Crippen molar-refractivity contribution in [2.45, 2.75) is 18.9 Å². The van der Waals surface area contributed by atoms with Gasteiger partial charge in [-0.15, -0.1) is 0 Å². The number of nitrogens with two attached hydrogens (primary N) is 1. The van der Waals surface area contributed by atoms with Crippen LogP contribution in [0.1, 0.15) is 24.4 Å². The lowest BCUT2D eigenvalue weighted by molar-refractivity contribution is -0.133. The summed E-state index contributed by atoms with van der Waals surface area (Å²) in [6.45, 7) is 0.600. The Balaban J connectivity index is 2.05. The first-order valence-corrected chi connectivity index (χ1v) is 7.06. The van der Waals surface area contributed by atoms with Gasteiger partial charge < -0.3 is 20.7 Å². The normalized spacial score (nSPS) is 17.6. The zero-order valence-corrected chi connectivity index (χ0v) is 12.2. The second kappa shape index (κ2) is 7.08. The molecule has 2 rings (SSSR count). The molecule has 0 saturated carbocycles. The summed E-state index contributed by atoms with van der Waals surface area (Å²) in [5.74, 6) is 0.380. The lowest BCUT2D eigenvalue weighted by Gasteiger charge is -2.25. The van der Waals surface area contributed by atoms with Gasteiger partial charge in [0.05, 0.1) is 26.2 Å². The Morgan fingerprint density at radius 3 is 3.00 bits per heavy atom. The maximum Gasteiger partial charge on any atom is 0.242 e. The quantitative estimate of drug-likeness (QED) is 0.824. The van der Waals surface area contributed by atoms with E-state index in [-0.39, 0.29) is 30.9 Å². The Hall–Kier alpha value is -2.08. The first kappa shape index (κ1) is 15.3. The van der Waals surface area contributed by atoms with E-state index in [0.29, 0.717) is 6.54 Å². The number of likely N-dealkylation sites (tertiary alicyclic amines) is 1. The Bertz CT molecular complexity index is 519. The van der Waals surface area contributed by atoms with Gasteiger partial charge in [0.15, 0.2) is 0 Å². The molecule has 21 heavy (non-hydrogen) atoms. The molecule has 1 aliphatic heterocycles. The molecule has 1 unspecified atom stereocenters. The Morgan fingerprint density at radius 1 is 1.48 bits per heavy atom.